The third-order valence-electron chi connectivity index (χ3n) is 3.34. The first-order chi connectivity index (χ1) is 9.99. The minimum atomic E-state index is -0.812. The van der Waals surface area contributed by atoms with Crippen LogP contribution in [-0.2, 0) is 16.0 Å². The molecule has 1 aromatic rings. The standard InChI is InChI=1S/C16H24N2O3/c1-12(6-5-9-15(19)20)18-16(21)14(17)11-10-13-7-3-2-4-8-13/h2-4,7-8,12,14H,5-6,9-11,17H2,1H3,(H,18,21)(H,19,20). The van der Waals surface area contributed by atoms with Crippen molar-refractivity contribution in [2.75, 3.05) is 0 Å². The van der Waals surface area contributed by atoms with E-state index in [1.807, 2.05) is 37.3 Å². The average molecular weight is 292 g/mol. The Balaban J connectivity index is 2.25. The van der Waals surface area contributed by atoms with E-state index in [4.69, 9.17) is 10.8 Å². The molecule has 116 valence electrons. The second kappa shape index (κ2) is 9.13. The zero-order valence-electron chi connectivity index (χ0n) is 12.4. The largest absolute Gasteiger partial charge is 0.481 e. The lowest BCUT2D eigenvalue weighted by molar-refractivity contribution is -0.137. The van der Waals surface area contributed by atoms with Gasteiger partial charge in [0.05, 0.1) is 6.04 Å². The van der Waals surface area contributed by atoms with Crippen molar-refractivity contribution >= 4 is 11.9 Å². The number of rotatable bonds is 9. The molecule has 0 aliphatic rings. The van der Waals surface area contributed by atoms with Gasteiger partial charge in [-0.25, -0.2) is 0 Å². The Labute approximate surface area is 125 Å². The van der Waals surface area contributed by atoms with Crippen molar-refractivity contribution in [1.82, 2.24) is 5.32 Å². The highest BCUT2D eigenvalue weighted by molar-refractivity contribution is 5.81. The van der Waals surface area contributed by atoms with E-state index in [9.17, 15) is 9.59 Å². The van der Waals surface area contributed by atoms with Crippen molar-refractivity contribution in [3.05, 3.63) is 35.9 Å². The quantitative estimate of drug-likeness (QED) is 0.646. The number of benzene rings is 1. The summed E-state index contributed by atoms with van der Waals surface area (Å²) in [7, 11) is 0. The molecule has 0 fully saturated rings. The molecule has 5 nitrogen and oxygen atoms in total. The fraction of sp³-hybridized carbons (Fsp3) is 0.500. The minimum Gasteiger partial charge on any atom is -0.481 e. The zero-order chi connectivity index (χ0) is 15.7. The molecule has 0 bridgehead atoms. The van der Waals surface area contributed by atoms with Crippen LogP contribution in [0.2, 0.25) is 0 Å². The van der Waals surface area contributed by atoms with E-state index < -0.39 is 12.0 Å². The summed E-state index contributed by atoms with van der Waals surface area (Å²) in [4.78, 5) is 22.3. The third kappa shape index (κ3) is 7.46. The summed E-state index contributed by atoms with van der Waals surface area (Å²) < 4.78 is 0. The van der Waals surface area contributed by atoms with Crippen molar-refractivity contribution in [3.63, 3.8) is 0 Å². The topological polar surface area (TPSA) is 92.4 Å². The molecule has 4 N–H and O–H groups in total. The molecule has 5 heteroatoms. The number of nitrogens with one attached hydrogen (secondary N) is 1. The normalized spacial score (nSPS) is 13.4. The number of carbonyl (C=O) groups excluding carboxylic acids is 1. The second-order valence-corrected chi connectivity index (χ2v) is 5.33. The molecular weight excluding hydrogens is 268 g/mol. The van der Waals surface area contributed by atoms with Crippen LogP contribution < -0.4 is 11.1 Å². The molecule has 1 aromatic carbocycles. The highest BCUT2D eigenvalue weighted by Gasteiger charge is 2.15. The summed E-state index contributed by atoms with van der Waals surface area (Å²) in [5, 5.41) is 11.4. The third-order valence-corrected chi connectivity index (χ3v) is 3.34. The molecule has 2 unspecified atom stereocenters. The van der Waals surface area contributed by atoms with Gasteiger partial charge < -0.3 is 16.2 Å². The molecule has 1 rings (SSSR count). The van der Waals surface area contributed by atoms with Crippen LogP contribution in [-0.4, -0.2) is 29.1 Å². The van der Waals surface area contributed by atoms with Crippen LogP contribution >= 0.6 is 0 Å². The van der Waals surface area contributed by atoms with Crippen molar-refractivity contribution in [2.24, 2.45) is 5.73 Å². The highest BCUT2D eigenvalue weighted by atomic mass is 16.4. The van der Waals surface area contributed by atoms with Gasteiger partial charge in [-0.1, -0.05) is 30.3 Å². The van der Waals surface area contributed by atoms with Crippen LogP contribution in [0, 0.1) is 0 Å². The Kier molecular flexibility index (Phi) is 7.46. The summed E-state index contributed by atoms with van der Waals surface area (Å²) in [6.07, 6.45) is 2.68. The summed E-state index contributed by atoms with van der Waals surface area (Å²) in [6.45, 7) is 1.86. The molecule has 1 amide bonds. The van der Waals surface area contributed by atoms with Gasteiger partial charge in [0, 0.05) is 12.5 Å². The first-order valence-corrected chi connectivity index (χ1v) is 7.30. The van der Waals surface area contributed by atoms with Crippen molar-refractivity contribution in [2.45, 2.75) is 51.1 Å². The van der Waals surface area contributed by atoms with Crippen LogP contribution in [0.15, 0.2) is 30.3 Å². The van der Waals surface area contributed by atoms with Crippen LogP contribution in [0.25, 0.3) is 0 Å². The van der Waals surface area contributed by atoms with E-state index in [2.05, 4.69) is 5.32 Å². The first-order valence-electron chi connectivity index (χ1n) is 7.30. The SMILES string of the molecule is CC(CCCC(=O)O)NC(=O)C(N)CCc1ccccc1. The molecule has 0 aliphatic heterocycles. The number of aryl methyl sites for hydroxylation is 1. The van der Waals surface area contributed by atoms with Gasteiger partial charge in [0.15, 0.2) is 0 Å². The number of hydrogen-bond acceptors (Lipinski definition) is 3. The number of carbonyl (C=O) groups is 2. The van der Waals surface area contributed by atoms with Crippen LogP contribution in [0.5, 0.6) is 0 Å². The van der Waals surface area contributed by atoms with Crippen LogP contribution in [0.3, 0.4) is 0 Å². The Morgan fingerprint density at radius 2 is 1.90 bits per heavy atom. The monoisotopic (exact) mass is 292 g/mol. The molecule has 2 atom stereocenters. The molecular formula is C16H24N2O3. The molecule has 0 saturated carbocycles. The lowest BCUT2D eigenvalue weighted by Crippen LogP contribution is -2.44. The predicted octanol–water partition coefficient (Wildman–Crippen LogP) is 1.71. The summed E-state index contributed by atoms with van der Waals surface area (Å²) in [5.41, 5.74) is 7.05. The highest BCUT2D eigenvalue weighted by Crippen LogP contribution is 2.05. The average Bonchev–Trinajstić information content (AvgIpc) is 2.45. The molecule has 0 aliphatic carbocycles. The van der Waals surface area contributed by atoms with Gasteiger partial charge >= 0.3 is 5.97 Å². The number of carboxylic acid groups (broad SMARTS) is 1. The van der Waals surface area contributed by atoms with Crippen molar-refractivity contribution < 1.29 is 14.7 Å². The van der Waals surface area contributed by atoms with E-state index in [1.54, 1.807) is 0 Å². The summed E-state index contributed by atoms with van der Waals surface area (Å²) in [5.74, 6) is -0.984. The number of hydrogen-bond donors (Lipinski definition) is 3. The lowest BCUT2D eigenvalue weighted by Gasteiger charge is -2.17. The van der Waals surface area contributed by atoms with E-state index in [0.717, 1.165) is 12.0 Å². The molecule has 0 heterocycles. The molecule has 0 aromatic heterocycles. The Hall–Kier alpha value is -1.88. The Morgan fingerprint density at radius 1 is 1.24 bits per heavy atom. The summed E-state index contributed by atoms with van der Waals surface area (Å²) >= 11 is 0. The van der Waals surface area contributed by atoms with Gasteiger partial charge in [0.25, 0.3) is 0 Å². The van der Waals surface area contributed by atoms with E-state index >= 15 is 0 Å². The van der Waals surface area contributed by atoms with Gasteiger partial charge in [0.1, 0.15) is 0 Å². The number of carboxylic acids is 1. The maximum Gasteiger partial charge on any atom is 0.303 e. The van der Waals surface area contributed by atoms with Crippen molar-refractivity contribution in [1.29, 1.82) is 0 Å². The van der Waals surface area contributed by atoms with Gasteiger partial charge in [0.2, 0.25) is 5.91 Å². The first kappa shape index (κ1) is 17.2. The summed E-state index contributed by atoms with van der Waals surface area (Å²) in [6, 6.07) is 9.32. The fourth-order valence-electron chi connectivity index (χ4n) is 2.08. The van der Waals surface area contributed by atoms with Crippen LogP contribution in [0.1, 0.15) is 38.2 Å². The lowest BCUT2D eigenvalue weighted by atomic mass is 10.0. The minimum absolute atomic E-state index is 0.0559. The van der Waals surface area contributed by atoms with Gasteiger partial charge in [-0.05, 0) is 38.2 Å². The van der Waals surface area contributed by atoms with Crippen LogP contribution in [0.4, 0.5) is 0 Å². The van der Waals surface area contributed by atoms with Gasteiger partial charge in [-0.2, -0.15) is 0 Å². The maximum atomic E-state index is 11.9. The number of nitrogens with two attached hydrogens (primary N) is 1. The van der Waals surface area contributed by atoms with E-state index in [1.165, 1.54) is 0 Å². The predicted molar refractivity (Wildman–Crippen MR) is 81.8 cm³/mol. The molecule has 0 saturated heterocycles. The van der Waals surface area contributed by atoms with E-state index in [-0.39, 0.29) is 18.4 Å². The molecule has 21 heavy (non-hydrogen) atoms. The van der Waals surface area contributed by atoms with Crippen molar-refractivity contribution in [3.8, 4) is 0 Å². The maximum absolute atomic E-state index is 11.9. The number of amides is 1. The fourth-order valence-corrected chi connectivity index (χ4v) is 2.08. The smallest absolute Gasteiger partial charge is 0.303 e. The van der Waals surface area contributed by atoms with Gasteiger partial charge in [-0.15, -0.1) is 0 Å². The Morgan fingerprint density at radius 3 is 2.52 bits per heavy atom. The zero-order valence-corrected chi connectivity index (χ0v) is 12.4. The molecule has 0 radical (unpaired) electrons. The second-order valence-electron chi connectivity index (χ2n) is 5.33. The Bertz CT molecular complexity index is 448. The molecule has 0 spiro atoms. The van der Waals surface area contributed by atoms with E-state index in [0.29, 0.717) is 19.3 Å². The van der Waals surface area contributed by atoms with Gasteiger partial charge in [-0.3, -0.25) is 9.59 Å². The number of aliphatic carboxylic acids is 1.